The van der Waals surface area contributed by atoms with Crippen molar-refractivity contribution >= 4 is 5.78 Å². The van der Waals surface area contributed by atoms with Crippen molar-refractivity contribution in [2.45, 2.75) is 32.1 Å². The molecule has 1 heterocycles. The van der Waals surface area contributed by atoms with Crippen molar-refractivity contribution in [3.05, 3.63) is 24.2 Å². The Morgan fingerprint density at radius 1 is 1.54 bits per heavy atom. The summed E-state index contributed by atoms with van der Waals surface area (Å²) in [6.07, 6.45) is 4.96. The van der Waals surface area contributed by atoms with Gasteiger partial charge in [0.2, 0.25) is 0 Å². The number of carbonyl (C=O) groups is 1. The molecule has 2 nitrogen and oxygen atoms in total. The lowest BCUT2D eigenvalue weighted by molar-refractivity contribution is -0.121. The first-order chi connectivity index (χ1) is 6.29. The molecule has 2 heteroatoms. The molecule has 0 radical (unpaired) electrons. The van der Waals surface area contributed by atoms with Crippen LogP contribution in [0.4, 0.5) is 0 Å². The zero-order valence-corrected chi connectivity index (χ0v) is 7.82. The number of rotatable bonds is 2. The lowest BCUT2D eigenvalue weighted by atomic mass is 9.91. The number of furan rings is 1. The van der Waals surface area contributed by atoms with Gasteiger partial charge in [0.15, 0.2) is 0 Å². The van der Waals surface area contributed by atoms with Crippen molar-refractivity contribution in [1.29, 1.82) is 0 Å². The molecule has 0 unspecified atom stereocenters. The average molecular weight is 178 g/mol. The minimum atomic E-state index is 0.200. The second-order valence-electron chi connectivity index (χ2n) is 3.77. The van der Waals surface area contributed by atoms with E-state index in [2.05, 4.69) is 0 Å². The van der Waals surface area contributed by atoms with Crippen molar-refractivity contribution < 1.29 is 9.21 Å². The number of ketones is 1. The Morgan fingerprint density at radius 3 is 3.00 bits per heavy atom. The third kappa shape index (κ3) is 1.53. The summed E-state index contributed by atoms with van der Waals surface area (Å²) in [6.45, 7) is 1.69. The van der Waals surface area contributed by atoms with Gasteiger partial charge in [-0.05, 0) is 31.9 Å². The molecule has 13 heavy (non-hydrogen) atoms. The molecule has 0 saturated heterocycles. The van der Waals surface area contributed by atoms with E-state index in [0.29, 0.717) is 11.7 Å². The largest absolute Gasteiger partial charge is 0.469 e. The molecule has 0 aliphatic heterocycles. The van der Waals surface area contributed by atoms with Gasteiger partial charge in [-0.15, -0.1) is 0 Å². The first-order valence-electron chi connectivity index (χ1n) is 4.83. The molecule has 0 amide bonds. The van der Waals surface area contributed by atoms with Gasteiger partial charge in [0.25, 0.3) is 0 Å². The molecule has 1 saturated carbocycles. The highest BCUT2D eigenvalue weighted by Gasteiger charge is 2.33. The zero-order chi connectivity index (χ0) is 9.26. The fourth-order valence-electron chi connectivity index (χ4n) is 2.29. The topological polar surface area (TPSA) is 30.2 Å². The van der Waals surface area contributed by atoms with Crippen LogP contribution in [0, 0.1) is 5.92 Å². The maximum absolute atomic E-state index is 11.3. The lowest BCUT2D eigenvalue weighted by Gasteiger charge is -2.13. The predicted molar refractivity (Wildman–Crippen MR) is 49.5 cm³/mol. The van der Waals surface area contributed by atoms with Gasteiger partial charge in [-0.3, -0.25) is 4.79 Å². The van der Waals surface area contributed by atoms with Crippen molar-refractivity contribution in [2.24, 2.45) is 5.92 Å². The van der Waals surface area contributed by atoms with Gasteiger partial charge in [-0.25, -0.2) is 0 Å². The molecule has 2 atom stereocenters. The monoisotopic (exact) mass is 178 g/mol. The van der Waals surface area contributed by atoms with Crippen LogP contribution in [0.25, 0.3) is 0 Å². The quantitative estimate of drug-likeness (QED) is 0.697. The number of carbonyl (C=O) groups excluding carboxylic acids is 1. The van der Waals surface area contributed by atoms with Crippen LogP contribution in [0.15, 0.2) is 22.8 Å². The van der Waals surface area contributed by atoms with E-state index >= 15 is 0 Å². The fourth-order valence-corrected chi connectivity index (χ4v) is 2.29. The summed E-state index contributed by atoms with van der Waals surface area (Å²) < 4.78 is 5.35. The van der Waals surface area contributed by atoms with Crippen molar-refractivity contribution in [2.75, 3.05) is 0 Å². The number of hydrogen-bond donors (Lipinski definition) is 0. The van der Waals surface area contributed by atoms with E-state index in [4.69, 9.17) is 4.42 Å². The van der Waals surface area contributed by atoms with E-state index in [0.717, 1.165) is 25.0 Å². The predicted octanol–water partition coefficient (Wildman–Crippen LogP) is 2.75. The summed E-state index contributed by atoms with van der Waals surface area (Å²) in [4.78, 5) is 11.3. The van der Waals surface area contributed by atoms with Crippen molar-refractivity contribution in [1.82, 2.24) is 0 Å². The van der Waals surface area contributed by atoms with Crippen LogP contribution < -0.4 is 0 Å². The molecular weight excluding hydrogens is 164 g/mol. The third-order valence-corrected chi connectivity index (χ3v) is 2.95. The van der Waals surface area contributed by atoms with Gasteiger partial charge in [-0.1, -0.05) is 6.42 Å². The van der Waals surface area contributed by atoms with Crippen LogP contribution in [0.3, 0.4) is 0 Å². The maximum Gasteiger partial charge on any atom is 0.133 e. The highest BCUT2D eigenvalue weighted by atomic mass is 16.3. The normalized spacial score (nSPS) is 27.8. The van der Waals surface area contributed by atoms with Crippen LogP contribution in [-0.2, 0) is 4.79 Å². The fraction of sp³-hybridized carbons (Fsp3) is 0.545. The molecule has 0 N–H and O–H groups in total. The van der Waals surface area contributed by atoms with Crippen LogP contribution in [-0.4, -0.2) is 5.78 Å². The zero-order valence-electron chi connectivity index (χ0n) is 7.82. The Labute approximate surface area is 77.9 Å². The van der Waals surface area contributed by atoms with E-state index < -0.39 is 0 Å². The minimum absolute atomic E-state index is 0.200. The van der Waals surface area contributed by atoms with Gasteiger partial charge in [0.1, 0.15) is 11.5 Å². The van der Waals surface area contributed by atoms with Crippen molar-refractivity contribution in [3.63, 3.8) is 0 Å². The summed E-state index contributed by atoms with van der Waals surface area (Å²) in [6, 6.07) is 3.87. The molecule has 1 aliphatic carbocycles. The molecule has 0 bridgehead atoms. The Bertz CT molecular complexity index is 287. The molecule has 1 aliphatic rings. The summed E-state index contributed by atoms with van der Waals surface area (Å²) in [7, 11) is 0. The smallest absolute Gasteiger partial charge is 0.133 e. The molecule has 1 aromatic heterocycles. The second-order valence-corrected chi connectivity index (χ2v) is 3.77. The number of Topliss-reactive ketones (excluding diaryl/α,β-unsaturated/α-hetero) is 1. The highest BCUT2D eigenvalue weighted by Crippen LogP contribution is 2.40. The number of hydrogen-bond acceptors (Lipinski definition) is 2. The van der Waals surface area contributed by atoms with Crippen LogP contribution >= 0.6 is 0 Å². The summed E-state index contributed by atoms with van der Waals surface area (Å²) in [5.74, 6) is 1.83. The van der Waals surface area contributed by atoms with Crippen molar-refractivity contribution in [3.8, 4) is 0 Å². The molecule has 2 rings (SSSR count). The third-order valence-electron chi connectivity index (χ3n) is 2.95. The van der Waals surface area contributed by atoms with E-state index in [1.54, 1.807) is 13.2 Å². The van der Waals surface area contributed by atoms with Gasteiger partial charge in [-0.2, -0.15) is 0 Å². The summed E-state index contributed by atoms with van der Waals surface area (Å²) >= 11 is 0. The van der Waals surface area contributed by atoms with Gasteiger partial charge in [0.05, 0.1) is 6.26 Å². The molecule has 70 valence electrons. The minimum Gasteiger partial charge on any atom is -0.469 e. The lowest BCUT2D eigenvalue weighted by Crippen LogP contribution is -2.13. The van der Waals surface area contributed by atoms with E-state index in [1.807, 2.05) is 12.1 Å². The summed E-state index contributed by atoms with van der Waals surface area (Å²) in [5.41, 5.74) is 0. The van der Waals surface area contributed by atoms with E-state index in [9.17, 15) is 4.79 Å². The van der Waals surface area contributed by atoms with E-state index in [1.165, 1.54) is 0 Å². The Kier molecular flexibility index (Phi) is 2.21. The molecule has 1 fully saturated rings. The SMILES string of the molecule is CC(=O)[C@@H]1CCC[C@H]1c1ccco1. The molecule has 1 aromatic rings. The second kappa shape index (κ2) is 3.36. The molecule has 0 spiro atoms. The standard InChI is InChI=1S/C11H14O2/c1-8(12)9-4-2-5-10(9)11-6-3-7-13-11/h3,6-7,9-10H,2,4-5H2,1H3/t9-,10+/m0/s1. The van der Waals surface area contributed by atoms with Crippen LogP contribution in [0.2, 0.25) is 0 Å². The highest BCUT2D eigenvalue weighted by molar-refractivity contribution is 5.79. The molecular formula is C11H14O2. The first kappa shape index (κ1) is 8.54. The Balaban J connectivity index is 2.19. The Hall–Kier alpha value is -1.05. The van der Waals surface area contributed by atoms with Gasteiger partial charge < -0.3 is 4.42 Å². The van der Waals surface area contributed by atoms with Gasteiger partial charge >= 0.3 is 0 Å². The van der Waals surface area contributed by atoms with Gasteiger partial charge in [0, 0.05) is 11.8 Å². The average Bonchev–Trinajstić information content (AvgIpc) is 2.74. The van der Waals surface area contributed by atoms with E-state index in [-0.39, 0.29) is 5.92 Å². The molecule has 0 aromatic carbocycles. The Morgan fingerprint density at radius 2 is 2.38 bits per heavy atom. The first-order valence-corrected chi connectivity index (χ1v) is 4.83. The maximum atomic E-state index is 11.3. The van der Waals surface area contributed by atoms with Crippen LogP contribution in [0.5, 0.6) is 0 Å². The van der Waals surface area contributed by atoms with Crippen LogP contribution in [0.1, 0.15) is 37.9 Å². The summed E-state index contributed by atoms with van der Waals surface area (Å²) in [5, 5.41) is 0.